The third kappa shape index (κ3) is 2.82. The molecule has 0 bridgehead atoms. The molecule has 0 spiro atoms. The predicted octanol–water partition coefficient (Wildman–Crippen LogP) is 2.41. The fraction of sp³-hybridized carbons (Fsp3) is 0.308. The number of rotatable bonds is 4. The van der Waals surface area contributed by atoms with Gasteiger partial charge >= 0.3 is 0 Å². The molecule has 0 aliphatic carbocycles. The lowest BCUT2D eigenvalue weighted by Crippen LogP contribution is -2.31. The number of aryl methyl sites for hydroxylation is 2. The first kappa shape index (κ1) is 14.9. The molecule has 3 N–H and O–H groups in total. The van der Waals surface area contributed by atoms with E-state index >= 15 is 0 Å². The summed E-state index contributed by atoms with van der Waals surface area (Å²) in [6.45, 7) is 1.79. The molecule has 0 saturated heterocycles. The molecular formula is C13H15ClF2N4. The number of aromatic nitrogens is 2. The van der Waals surface area contributed by atoms with Gasteiger partial charge in [-0.25, -0.2) is 8.78 Å². The van der Waals surface area contributed by atoms with Crippen LogP contribution < -0.4 is 11.3 Å². The second kappa shape index (κ2) is 5.87. The zero-order valence-corrected chi connectivity index (χ0v) is 11.9. The van der Waals surface area contributed by atoms with E-state index in [2.05, 4.69) is 10.5 Å². The predicted molar refractivity (Wildman–Crippen MR) is 73.1 cm³/mol. The van der Waals surface area contributed by atoms with Crippen molar-refractivity contribution < 1.29 is 8.78 Å². The Balaban J connectivity index is 2.33. The lowest BCUT2D eigenvalue weighted by atomic mass is 10.0. The molecule has 1 heterocycles. The second-order valence-corrected chi connectivity index (χ2v) is 4.94. The van der Waals surface area contributed by atoms with Crippen molar-refractivity contribution in [3.05, 3.63) is 51.8 Å². The number of hydrogen-bond acceptors (Lipinski definition) is 3. The van der Waals surface area contributed by atoms with Gasteiger partial charge in [0.1, 0.15) is 11.6 Å². The van der Waals surface area contributed by atoms with Crippen molar-refractivity contribution in [3.63, 3.8) is 0 Å². The molecule has 4 nitrogen and oxygen atoms in total. The third-order valence-electron chi connectivity index (χ3n) is 3.20. The van der Waals surface area contributed by atoms with E-state index in [1.165, 1.54) is 12.1 Å². The SMILES string of the molecule is Cc1nn(C)c(CC(NN)c2ccc(F)cc2F)c1Cl. The number of benzene rings is 1. The minimum Gasteiger partial charge on any atom is -0.271 e. The maximum atomic E-state index is 13.8. The molecule has 0 fully saturated rings. The normalized spacial score (nSPS) is 12.7. The van der Waals surface area contributed by atoms with Gasteiger partial charge in [-0.3, -0.25) is 16.0 Å². The Kier molecular flexibility index (Phi) is 4.37. The molecule has 2 aromatic rings. The van der Waals surface area contributed by atoms with Crippen LogP contribution in [0.15, 0.2) is 18.2 Å². The van der Waals surface area contributed by atoms with E-state index in [1.807, 2.05) is 0 Å². The summed E-state index contributed by atoms with van der Waals surface area (Å²) in [7, 11) is 1.75. The Morgan fingerprint density at radius 1 is 1.45 bits per heavy atom. The van der Waals surface area contributed by atoms with Gasteiger partial charge in [0.25, 0.3) is 0 Å². The standard InChI is InChI=1S/C13H15ClF2N4/c1-7-13(14)12(20(2)19-7)6-11(18-17)9-4-3-8(15)5-10(9)16/h3-5,11,18H,6,17H2,1-2H3. The fourth-order valence-corrected chi connectivity index (χ4v) is 2.38. The number of nitrogens with zero attached hydrogens (tertiary/aromatic N) is 2. The van der Waals surface area contributed by atoms with Crippen LogP contribution in [0.3, 0.4) is 0 Å². The van der Waals surface area contributed by atoms with Gasteiger partial charge in [0.2, 0.25) is 0 Å². The van der Waals surface area contributed by atoms with E-state index in [-0.39, 0.29) is 5.56 Å². The van der Waals surface area contributed by atoms with Crippen LogP contribution in [-0.2, 0) is 13.5 Å². The van der Waals surface area contributed by atoms with Gasteiger partial charge in [0, 0.05) is 25.1 Å². The average Bonchev–Trinajstić information content (AvgIpc) is 2.62. The summed E-state index contributed by atoms with van der Waals surface area (Å²) in [5.41, 5.74) is 4.24. The maximum Gasteiger partial charge on any atom is 0.130 e. The molecule has 2 rings (SSSR count). The Labute approximate surface area is 120 Å². The Hall–Kier alpha value is -1.50. The second-order valence-electron chi connectivity index (χ2n) is 4.56. The molecule has 0 radical (unpaired) electrons. The minimum absolute atomic E-state index is 0.281. The van der Waals surface area contributed by atoms with E-state index in [4.69, 9.17) is 17.4 Å². The van der Waals surface area contributed by atoms with Crippen LogP contribution in [-0.4, -0.2) is 9.78 Å². The molecule has 0 aliphatic rings. The van der Waals surface area contributed by atoms with Gasteiger partial charge < -0.3 is 0 Å². The fourth-order valence-electron chi connectivity index (χ4n) is 2.14. The van der Waals surface area contributed by atoms with Gasteiger partial charge in [0.05, 0.1) is 22.5 Å². The topological polar surface area (TPSA) is 55.9 Å². The minimum atomic E-state index is -0.650. The van der Waals surface area contributed by atoms with Gasteiger partial charge in [-0.15, -0.1) is 0 Å². The zero-order chi connectivity index (χ0) is 14.9. The molecule has 108 valence electrons. The van der Waals surface area contributed by atoms with Gasteiger partial charge in [-0.05, 0) is 13.0 Å². The highest BCUT2D eigenvalue weighted by atomic mass is 35.5. The molecule has 1 aromatic carbocycles. The number of hydrogen-bond donors (Lipinski definition) is 2. The molecule has 20 heavy (non-hydrogen) atoms. The van der Waals surface area contributed by atoms with Crippen molar-refractivity contribution in [2.24, 2.45) is 12.9 Å². The largest absolute Gasteiger partial charge is 0.271 e. The summed E-state index contributed by atoms with van der Waals surface area (Å²) in [5, 5.41) is 4.71. The van der Waals surface area contributed by atoms with E-state index in [0.717, 1.165) is 11.8 Å². The van der Waals surface area contributed by atoms with Gasteiger partial charge in [0.15, 0.2) is 0 Å². The molecule has 0 amide bonds. The summed E-state index contributed by atoms with van der Waals surface area (Å²) < 4.78 is 28.4. The molecule has 0 saturated carbocycles. The summed E-state index contributed by atoms with van der Waals surface area (Å²) in [6.07, 6.45) is 0.342. The van der Waals surface area contributed by atoms with Crippen LogP contribution in [0.2, 0.25) is 5.02 Å². The number of halogens is 3. The molecule has 7 heteroatoms. The van der Waals surface area contributed by atoms with Crippen molar-refractivity contribution >= 4 is 11.6 Å². The highest BCUT2D eigenvalue weighted by Gasteiger charge is 2.20. The van der Waals surface area contributed by atoms with Crippen molar-refractivity contribution in [2.75, 3.05) is 0 Å². The van der Waals surface area contributed by atoms with Crippen molar-refractivity contribution in [2.45, 2.75) is 19.4 Å². The van der Waals surface area contributed by atoms with Crippen molar-refractivity contribution in [1.82, 2.24) is 15.2 Å². The lowest BCUT2D eigenvalue weighted by molar-refractivity contribution is 0.491. The summed E-state index contributed by atoms with van der Waals surface area (Å²) in [6, 6.07) is 2.86. The Bertz CT molecular complexity index is 627. The van der Waals surface area contributed by atoms with Crippen molar-refractivity contribution in [1.29, 1.82) is 0 Å². The summed E-state index contributed by atoms with van der Waals surface area (Å²) >= 11 is 6.16. The van der Waals surface area contributed by atoms with Crippen LogP contribution in [0, 0.1) is 18.6 Å². The first-order valence-electron chi connectivity index (χ1n) is 6.03. The van der Waals surface area contributed by atoms with Crippen LogP contribution in [0.4, 0.5) is 8.78 Å². The maximum absolute atomic E-state index is 13.8. The first-order valence-corrected chi connectivity index (χ1v) is 6.41. The van der Waals surface area contributed by atoms with E-state index in [9.17, 15) is 8.78 Å². The van der Waals surface area contributed by atoms with Crippen LogP contribution in [0.5, 0.6) is 0 Å². The summed E-state index contributed by atoms with van der Waals surface area (Å²) in [5.74, 6) is 4.21. The highest BCUT2D eigenvalue weighted by molar-refractivity contribution is 6.31. The number of hydrazine groups is 1. The number of nitrogens with one attached hydrogen (secondary N) is 1. The summed E-state index contributed by atoms with van der Waals surface area (Å²) in [4.78, 5) is 0. The molecule has 0 aliphatic heterocycles. The van der Waals surface area contributed by atoms with Gasteiger partial charge in [-0.2, -0.15) is 5.10 Å². The van der Waals surface area contributed by atoms with E-state index in [1.54, 1.807) is 18.7 Å². The van der Waals surface area contributed by atoms with E-state index in [0.29, 0.717) is 17.1 Å². The third-order valence-corrected chi connectivity index (χ3v) is 3.69. The monoisotopic (exact) mass is 300 g/mol. The van der Waals surface area contributed by atoms with Crippen LogP contribution >= 0.6 is 11.6 Å². The zero-order valence-electron chi connectivity index (χ0n) is 11.1. The van der Waals surface area contributed by atoms with Crippen LogP contribution in [0.25, 0.3) is 0 Å². The molecular weight excluding hydrogens is 286 g/mol. The van der Waals surface area contributed by atoms with E-state index < -0.39 is 17.7 Å². The molecule has 1 unspecified atom stereocenters. The Morgan fingerprint density at radius 3 is 2.65 bits per heavy atom. The molecule has 1 atom stereocenters. The number of nitrogens with two attached hydrogens (primary N) is 1. The molecule has 1 aromatic heterocycles. The lowest BCUT2D eigenvalue weighted by Gasteiger charge is -2.17. The average molecular weight is 301 g/mol. The first-order chi connectivity index (χ1) is 9.43. The smallest absolute Gasteiger partial charge is 0.130 e. The quantitative estimate of drug-likeness (QED) is 0.673. The van der Waals surface area contributed by atoms with Crippen molar-refractivity contribution in [3.8, 4) is 0 Å². The van der Waals surface area contributed by atoms with Crippen LogP contribution in [0.1, 0.15) is 23.0 Å². The Morgan fingerprint density at radius 2 is 2.15 bits per heavy atom. The highest BCUT2D eigenvalue weighted by Crippen LogP contribution is 2.26. The van der Waals surface area contributed by atoms with Gasteiger partial charge in [-0.1, -0.05) is 17.7 Å².